The van der Waals surface area contributed by atoms with E-state index < -0.39 is 0 Å². The van der Waals surface area contributed by atoms with Crippen LogP contribution in [0.4, 0.5) is 0 Å². The van der Waals surface area contributed by atoms with E-state index in [0.717, 1.165) is 31.1 Å². The van der Waals surface area contributed by atoms with E-state index in [2.05, 4.69) is 21.7 Å². The van der Waals surface area contributed by atoms with E-state index in [1.54, 1.807) is 0 Å². The number of imidazole rings is 1. The largest absolute Gasteiger partial charge is 0.331 e. The van der Waals surface area contributed by atoms with Gasteiger partial charge in [-0.2, -0.15) is 0 Å². The van der Waals surface area contributed by atoms with Crippen LogP contribution in [0.5, 0.6) is 0 Å². The number of hydrogen-bond donors (Lipinski definition) is 0. The number of hydrogen-bond acceptors (Lipinski definition) is 1. The first-order chi connectivity index (χ1) is 8.42. The molecule has 0 saturated heterocycles. The fraction of sp³-hybridized carbons (Fsp3) is 0.357. The monoisotopic (exact) mass is 248 g/mol. The van der Waals surface area contributed by atoms with Crippen molar-refractivity contribution in [1.29, 1.82) is 0 Å². The van der Waals surface area contributed by atoms with Crippen molar-refractivity contribution in [2.75, 3.05) is 5.88 Å². The second kappa shape index (κ2) is 6.45. The molecule has 17 heavy (non-hydrogen) atoms. The molecule has 1 aromatic carbocycles. The zero-order valence-electron chi connectivity index (χ0n) is 9.85. The molecule has 0 N–H and O–H groups in total. The fourth-order valence-corrected chi connectivity index (χ4v) is 2.08. The number of aryl methyl sites for hydroxylation is 1. The topological polar surface area (TPSA) is 17.8 Å². The summed E-state index contributed by atoms with van der Waals surface area (Å²) in [5, 5.41) is 0. The van der Waals surface area contributed by atoms with Gasteiger partial charge in [-0.15, -0.1) is 11.6 Å². The first-order valence-corrected chi connectivity index (χ1v) is 6.58. The lowest BCUT2D eigenvalue weighted by atomic mass is 10.2. The van der Waals surface area contributed by atoms with Gasteiger partial charge in [0, 0.05) is 30.4 Å². The second-order valence-electron chi connectivity index (χ2n) is 4.06. The summed E-state index contributed by atoms with van der Waals surface area (Å²) in [6.45, 7) is 1.01. The average molecular weight is 249 g/mol. The highest BCUT2D eigenvalue weighted by Gasteiger charge is 2.04. The number of nitrogens with zero attached hydrogens (tertiary/aromatic N) is 2. The molecule has 0 aliphatic carbocycles. The van der Waals surface area contributed by atoms with Crippen LogP contribution in [0, 0.1) is 0 Å². The van der Waals surface area contributed by atoms with E-state index in [1.165, 1.54) is 12.0 Å². The van der Waals surface area contributed by atoms with Gasteiger partial charge in [0.25, 0.3) is 0 Å². The summed E-state index contributed by atoms with van der Waals surface area (Å²) in [5.41, 5.74) is 1.18. The highest BCUT2D eigenvalue weighted by Crippen LogP contribution is 2.17. The molecule has 0 bridgehead atoms. The van der Waals surface area contributed by atoms with E-state index in [-0.39, 0.29) is 0 Å². The first-order valence-electron chi connectivity index (χ1n) is 6.04. The Kier molecular flexibility index (Phi) is 4.63. The van der Waals surface area contributed by atoms with Gasteiger partial charge in [0.1, 0.15) is 5.82 Å². The third-order valence-corrected chi connectivity index (χ3v) is 3.05. The predicted molar refractivity (Wildman–Crippen MR) is 72.2 cm³/mol. The van der Waals surface area contributed by atoms with Gasteiger partial charge < -0.3 is 4.57 Å². The summed E-state index contributed by atoms with van der Waals surface area (Å²) in [5.74, 6) is 1.81. The quantitative estimate of drug-likeness (QED) is 0.559. The Labute approximate surface area is 107 Å². The van der Waals surface area contributed by atoms with Crippen LogP contribution in [0.3, 0.4) is 0 Å². The van der Waals surface area contributed by atoms with E-state index in [1.807, 2.05) is 30.6 Å². The van der Waals surface area contributed by atoms with Crippen molar-refractivity contribution in [1.82, 2.24) is 9.55 Å². The first kappa shape index (κ1) is 12.2. The third kappa shape index (κ3) is 3.34. The molecule has 2 aromatic rings. The van der Waals surface area contributed by atoms with Gasteiger partial charge in [0.15, 0.2) is 0 Å². The van der Waals surface area contributed by atoms with Gasteiger partial charge in [-0.25, -0.2) is 4.98 Å². The van der Waals surface area contributed by atoms with Crippen molar-refractivity contribution in [3.8, 4) is 11.4 Å². The van der Waals surface area contributed by atoms with Gasteiger partial charge in [-0.05, 0) is 12.8 Å². The normalized spacial score (nSPS) is 10.6. The van der Waals surface area contributed by atoms with Crippen LogP contribution in [-0.4, -0.2) is 15.4 Å². The molecule has 2 rings (SSSR count). The molecule has 0 aliphatic heterocycles. The lowest BCUT2D eigenvalue weighted by Gasteiger charge is -2.07. The molecule has 1 aromatic heterocycles. The van der Waals surface area contributed by atoms with Crippen molar-refractivity contribution in [3.63, 3.8) is 0 Å². The minimum absolute atomic E-state index is 0.759. The van der Waals surface area contributed by atoms with Crippen LogP contribution in [0.2, 0.25) is 0 Å². The Balaban J connectivity index is 2.02. The fourth-order valence-electron chi connectivity index (χ4n) is 1.89. The Morgan fingerprint density at radius 1 is 1.06 bits per heavy atom. The number of alkyl halides is 1. The maximum Gasteiger partial charge on any atom is 0.139 e. The second-order valence-corrected chi connectivity index (χ2v) is 4.44. The molecule has 90 valence electrons. The van der Waals surface area contributed by atoms with Gasteiger partial charge in [-0.1, -0.05) is 36.8 Å². The van der Waals surface area contributed by atoms with Gasteiger partial charge >= 0.3 is 0 Å². The SMILES string of the molecule is ClCCCCCn1ccnc1-c1ccccc1. The molecule has 0 unspecified atom stereocenters. The summed E-state index contributed by atoms with van der Waals surface area (Å²) in [6, 6.07) is 10.3. The number of rotatable bonds is 6. The Hall–Kier alpha value is -1.28. The average Bonchev–Trinajstić information content (AvgIpc) is 2.84. The van der Waals surface area contributed by atoms with Crippen molar-refractivity contribution in [2.24, 2.45) is 0 Å². The van der Waals surface area contributed by atoms with Crippen molar-refractivity contribution in [3.05, 3.63) is 42.7 Å². The van der Waals surface area contributed by atoms with Crippen molar-refractivity contribution in [2.45, 2.75) is 25.8 Å². The van der Waals surface area contributed by atoms with Crippen molar-refractivity contribution < 1.29 is 0 Å². The highest BCUT2D eigenvalue weighted by molar-refractivity contribution is 6.17. The minimum atomic E-state index is 0.759. The molecule has 0 saturated carbocycles. The molecule has 0 aliphatic rings. The van der Waals surface area contributed by atoms with Crippen LogP contribution < -0.4 is 0 Å². The van der Waals surface area contributed by atoms with Gasteiger partial charge in [-0.3, -0.25) is 0 Å². The third-order valence-electron chi connectivity index (χ3n) is 2.78. The zero-order valence-corrected chi connectivity index (χ0v) is 10.6. The van der Waals surface area contributed by atoms with Crippen molar-refractivity contribution >= 4 is 11.6 Å². The number of halogens is 1. The molecule has 3 heteroatoms. The minimum Gasteiger partial charge on any atom is -0.331 e. The zero-order chi connectivity index (χ0) is 11.9. The maximum absolute atomic E-state index is 5.67. The molecule has 0 amide bonds. The Bertz CT molecular complexity index is 436. The number of aromatic nitrogens is 2. The molecule has 1 heterocycles. The molecule has 0 fully saturated rings. The maximum atomic E-state index is 5.67. The smallest absolute Gasteiger partial charge is 0.139 e. The van der Waals surface area contributed by atoms with E-state index in [0.29, 0.717) is 0 Å². The van der Waals surface area contributed by atoms with Crippen LogP contribution in [0.1, 0.15) is 19.3 Å². The molecule has 0 radical (unpaired) electrons. The molecule has 0 atom stereocenters. The van der Waals surface area contributed by atoms with Gasteiger partial charge in [0.05, 0.1) is 0 Å². The summed E-state index contributed by atoms with van der Waals surface area (Å²) in [4.78, 5) is 4.42. The standard InChI is InChI=1S/C14H17ClN2/c15-9-5-2-6-11-17-12-10-16-14(17)13-7-3-1-4-8-13/h1,3-4,7-8,10,12H,2,5-6,9,11H2. The van der Waals surface area contributed by atoms with Crippen LogP contribution >= 0.6 is 11.6 Å². The molecular weight excluding hydrogens is 232 g/mol. The highest BCUT2D eigenvalue weighted by atomic mass is 35.5. The Morgan fingerprint density at radius 2 is 1.88 bits per heavy atom. The Morgan fingerprint density at radius 3 is 2.65 bits per heavy atom. The summed E-state index contributed by atoms with van der Waals surface area (Å²) < 4.78 is 2.21. The number of unbranched alkanes of at least 4 members (excludes halogenated alkanes) is 2. The molecule has 2 nitrogen and oxygen atoms in total. The molecular formula is C14H17ClN2. The summed E-state index contributed by atoms with van der Waals surface area (Å²) in [6.07, 6.45) is 7.34. The van der Waals surface area contributed by atoms with Crippen LogP contribution in [-0.2, 0) is 6.54 Å². The van der Waals surface area contributed by atoms with E-state index in [4.69, 9.17) is 11.6 Å². The number of benzene rings is 1. The predicted octanol–water partition coefficient (Wildman–Crippen LogP) is 3.96. The lowest BCUT2D eigenvalue weighted by molar-refractivity contribution is 0.608. The van der Waals surface area contributed by atoms with Crippen LogP contribution in [0.15, 0.2) is 42.7 Å². The van der Waals surface area contributed by atoms with E-state index in [9.17, 15) is 0 Å². The summed E-state index contributed by atoms with van der Waals surface area (Å²) in [7, 11) is 0. The van der Waals surface area contributed by atoms with Crippen LogP contribution in [0.25, 0.3) is 11.4 Å². The lowest BCUT2D eigenvalue weighted by Crippen LogP contribution is -1.99. The van der Waals surface area contributed by atoms with Gasteiger partial charge in [0.2, 0.25) is 0 Å². The van der Waals surface area contributed by atoms with E-state index >= 15 is 0 Å². The summed E-state index contributed by atoms with van der Waals surface area (Å²) >= 11 is 5.67. The molecule has 0 spiro atoms.